The minimum absolute atomic E-state index is 0.123. The molecule has 0 amide bonds. The molecule has 2 aromatic rings. The van der Waals surface area contributed by atoms with Crippen LogP contribution in [0.3, 0.4) is 0 Å². The maximum absolute atomic E-state index is 9.58. The fourth-order valence-corrected chi connectivity index (χ4v) is 2.25. The first-order valence-electron chi connectivity index (χ1n) is 4.00. The van der Waals surface area contributed by atoms with E-state index in [1.54, 1.807) is 11.4 Å². The minimum Gasteiger partial charge on any atom is -0.506 e. The zero-order valence-electron chi connectivity index (χ0n) is 7.19. The Morgan fingerprint density at radius 3 is 2.86 bits per heavy atom. The van der Waals surface area contributed by atoms with Crippen molar-refractivity contribution in [2.45, 2.75) is 6.61 Å². The number of fused-ring (bicyclic) bond motifs is 1. The number of phenols is 1. The summed E-state index contributed by atoms with van der Waals surface area (Å²) in [6.07, 6.45) is 0. The van der Waals surface area contributed by atoms with Crippen LogP contribution in [-0.4, -0.2) is 10.2 Å². The number of rotatable bonds is 1. The van der Waals surface area contributed by atoms with Gasteiger partial charge in [-0.25, -0.2) is 0 Å². The molecule has 3 nitrogen and oxygen atoms in total. The number of hydrogen-bond donors (Lipinski definition) is 2. The summed E-state index contributed by atoms with van der Waals surface area (Å²) in [5.74, 6) is 0.123. The average molecular weight is 205 g/mol. The van der Waals surface area contributed by atoms with Crippen molar-refractivity contribution in [1.82, 2.24) is 0 Å². The highest BCUT2D eigenvalue weighted by Gasteiger charge is 2.08. The fourth-order valence-electron chi connectivity index (χ4n) is 1.35. The first-order chi connectivity index (χ1) is 6.76. The van der Waals surface area contributed by atoms with Crippen LogP contribution in [0.5, 0.6) is 5.75 Å². The number of nitrogens with zero attached hydrogens (tertiary/aromatic N) is 1. The molecule has 14 heavy (non-hydrogen) atoms. The highest BCUT2D eigenvalue weighted by atomic mass is 32.1. The summed E-state index contributed by atoms with van der Waals surface area (Å²) in [5.41, 5.74) is 1.15. The number of aromatic hydroxyl groups is 1. The van der Waals surface area contributed by atoms with Gasteiger partial charge in [-0.1, -0.05) is 0 Å². The normalized spacial score (nSPS) is 10.3. The maximum atomic E-state index is 9.58. The Bertz CT molecular complexity index is 525. The van der Waals surface area contributed by atoms with Gasteiger partial charge in [-0.15, -0.1) is 11.3 Å². The smallest absolute Gasteiger partial charge is 0.133 e. The summed E-state index contributed by atoms with van der Waals surface area (Å²) < 4.78 is 0.693. The number of benzene rings is 1. The number of aliphatic hydroxyl groups excluding tert-OH is 1. The van der Waals surface area contributed by atoms with Gasteiger partial charge in [0.1, 0.15) is 11.8 Å². The maximum Gasteiger partial charge on any atom is 0.133 e. The first-order valence-corrected chi connectivity index (χ1v) is 4.88. The largest absolute Gasteiger partial charge is 0.506 e. The van der Waals surface area contributed by atoms with E-state index in [1.807, 2.05) is 6.07 Å². The van der Waals surface area contributed by atoms with Crippen LogP contribution in [0.15, 0.2) is 17.5 Å². The second kappa shape index (κ2) is 3.29. The molecule has 0 radical (unpaired) electrons. The molecule has 0 aliphatic carbocycles. The third-order valence-electron chi connectivity index (χ3n) is 2.02. The Balaban J connectivity index is 2.82. The summed E-state index contributed by atoms with van der Waals surface area (Å²) >= 11 is 1.33. The molecule has 0 unspecified atom stereocenters. The zero-order valence-corrected chi connectivity index (χ0v) is 8.01. The SMILES string of the molecule is N#Cc1csc2c(O)cc(CO)cc12. The summed E-state index contributed by atoms with van der Waals surface area (Å²) in [4.78, 5) is 0. The molecule has 0 saturated carbocycles. The van der Waals surface area contributed by atoms with Crippen molar-refractivity contribution in [2.75, 3.05) is 0 Å². The predicted molar refractivity (Wildman–Crippen MR) is 54.1 cm³/mol. The van der Waals surface area contributed by atoms with Gasteiger partial charge in [0.05, 0.1) is 16.9 Å². The van der Waals surface area contributed by atoms with Crippen molar-refractivity contribution in [3.63, 3.8) is 0 Å². The molecule has 0 bridgehead atoms. The van der Waals surface area contributed by atoms with Gasteiger partial charge in [-0.2, -0.15) is 5.26 Å². The summed E-state index contributed by atoms with van der Waals surface area (Å²) in [5, 5.41) is 29.7. The molecule has 0 aliphatic heterocycles. The van der Waals surface area contributed by atoms with E-state index in [1.165, 1.54) is 17.4 Å². The molecule has 1 heterocycles. The van der Waals surface area contributed by atoms with E-state index in [-0.39, 0.29) is 12.4 Å². The minimum atomic E-state index is -0.135. The molecule has 1 aromatic carbocycles. The highest BCUT2D eigenvalue weighted by Crippen LogP contribution is 2.34. The van der Waals surface area contributed by atoms with E-state index >= 15 is 0 Å². The third kappa shape index (κ3) is 1.23. The van der Waals surface area contributed by atoms with Gasteiger partial charge < -0.3 is 10.2 Å². The quantitative estimate of drug-likeness (QED) is 0.748. The molecule has 1 aromatic heterocycles. The van der Waals surface area contributed by atoms with E-state index in [4.69, 9.17) is 10.4 Å². The molecule has 0 fully saturated rings. The lowest BCUT2D eigenvalue weighted by Crippen LogP contribution is -1.82. The van der Waals surface area contributed by atoms with E-state index in [9.17, 15) is 5.11 Å². The van der Waals surface area contributed by atoms with E-state index < -0.39 is 0 Å². The molecular weight excluding hydrogens is 198 g/mol. The Morgan fingerprint density at radius 1 is 1.43 bits per heavy atom. The van der Waals surface area contributed by atoms with Crippen molar-refractivity contribution < 1.29 is 10.2 Å². The van der Waals surface area contributed by atoms with Gasteiger partial charge in [0.15, 0.2) is 0 Å². The van der Waals surface area contributed by atoms with Crippen LogP contribution in [0, 0.1) is 11.3 Å². The Hall–Kier alpha value is -1.57. The topological polar surface area (TPSA) is 64.2 Å². The number of phenolic OH excluding ortho intramolecular Hbond substituents is 1. The van der Waals surface area contributed by atoms with Crippen molar-refractivity contribution in [1.29, 1.82) is 5.26 Å². The molecule has 0 aliphatic rings. The molecule has 70 valence electrons. The average Bonchev–Trinajstić information content (AvgIpc) is 2.61. The van der Waals surface area contributed by atoms with Gasteiger partial charge in [0.25, 0.3) is 0 Å². The lowest BCUT2D eigenvalue weighted by molar-refractivity contribution is 0.281. The Morgan fingerprint density at radius 2 is 2.21 bits per heavy atom. The van der Waals surface area contributed by atoms with Crippen LogP contribution in [0.1, 0.15) is 11.1 Å². The van der Waals surface area contributed by atoms with Crippen molar-refractivity contribution >= 4 is 21.4 Å². The number of nitriles is 1. The third-order valence-corrected chi connectivity index (χ3v) is 3.04. The van der Waals surface area contributed by atoms with Crippen molar-refractivity contribution in [3.05, 3.63) is 28.6 Å². The highest BCUT2D eigenvalue weighted by molar-refractivity contribution is 7.17. The molecular formula is C10H7NO2S. The lowest BCUT2D eigenvalue weighted by Gasteiger charge is -1.99. The fraction of sp³-hybridized carbons (Fsp3) is 0.100. The number of aliphatic hydroxyl groups is 1. The lowest BCUT2D eigenvalue weighted by atomic mass is 10.1. The Labute approximate surface area is 84.5 Å². The molecule has 4 heteroatoms. The second-order valence-corrected chi connectivity index (χ2v) is 3.79. The van der Waals surface area contributed by atoms with Gasteiger partial charge >= 0.3 is 0 Å². The Kier molecular flexibility index (Phi) is 2.12. The van der Waals surface area contributed by atoms with E-state index in [2.05, 4.69) is 0 Å². The summed E-state index contributed by atoms with van der Waals surface area (Å²) in [7, 11) is 0. The van der Waals surface area contributed by atoms with Crippen LogP contribution in [0.25, 0.3) is 10.1 Å². The molecule has 0 atom stereocenters. The standard InChI is InChI=1S/C10H7NO2S/c11-3-7-5-14-10-8(7)1-6(4-12)2-9(10)13/h1-2,5,12-13H,4H2. The van der Waals surface area contributed by atoms with Gasteiger partial charge in [0.2, 0.25) is 0 Å². The molecule has 0 spiro atoms. The first kappa shape index (κ1) is 9.00. The molecule has 0 saturated heterocycles. The van der Waals surface area contributed by atoms with Gasteiger partial charge in [0, 0.05) is 10.8 Å². The van der Waals surface area contributed by atoms with Gasteiger partial charge in [-0.05, 0) is 17.7 Å². The molecule has 2 N–H and O–H groups in total. The van der Waals surface area contributed by atoms with Crippen LogP contribution >= 0.6 is 11.3 Å². The van der Waals surface area contributed by atoms with Crippen LogP contribution in [0.4, 0.5) is 0 Å². The van der Waals surface area contributed by atoms with Crippen LogP contribution in [-0.2, 0) is 6.61 Å². The second-order valence-electron chi connectivity index (χ2n) is 2.91. The number of thiophene rings is 1. The van der Waals surface area contributed by atoms with Crippen LogP contribution in [0.2, 0.25) is 0 Å². The summed E-state index contributed by atoms with van der Waals surface area (Å²) in [6.45, 7) is -0.135. The van der Waals surface area contributed by atoms with E-state index in [0.29, 0.717) is 21.2 Å². The van der Waals surface area contributed by atoms with E-state index in [0.717, 1.165) is 0 Å². The summed E-state index contributed by atoms with van der Waals surface area (Å²) in [6, 6.07) is 5.29. The number of hydrogen-bond acceptors (Lipinski definition) is 4. The monoisotopic (exact) mass is 205 g/mol. The molecule has 2 rings (SSSR count). The van der Waals surface area contributed by atoms with Crippen molar-refractivity contribution in [3.8, 4) is 11.8 Å². The van der Waals surface area contributed by atoms with Crippen molar-refractivity contribution in [2.24, 2.45) is 0 Å². The van der Waals surface area contributed by atoms with Gasteiger partial charge in [-0.3, -0.25) is 0 Å². The van der Waals surface area contributed by atoms with Crippen LogP contribution < -0.4 is 0 Å². The zero-order chi connectivity index (χ0) is 10.1. The predicted octanol–water partition coefficient (Wildman–Crippen LogP) is 1.97.